The van der Waals surface area contributed by atoms with Crippen LogP contribution in [0.15, 0.2) is 54.7 Å². The van der Waals surface area contributed by atoms with E-state index in [4.69, 9.17) is 0 Å². The van der Waals surface area contributed by atoms with Gasteiger partial charge in [-0.3, -0.25) is 9.59 Å². The second-order valence-electron chi connectivity index (χ2n) is 8.86. The first-order valence-electron chi connectivity index (χ1n) is 10.8. The summed E-state index contributed by atoms with van der Waals surface area (Å²) in [4.78, 5) is 32.7. The molecule has 0 spiro atoms. The quantitative estimate of drug-likeness (QED) is 0.711. The van der Waals surface area contributed by atoms with E-state index < -0.39 is 0 Å². The number of piperazine rings is 1. The van der Waals surface area contributed by atoms with Crippen LogP contribution in [0.25, 0.3) is 22.0 Å². The van der Waals surface area contributed by atoms with Gasteiger partial charge >= 0.3 is 0 Å². The van der Waals surface area contributed by atoms with Gasteiger partial charge < -0.3 is 14.8 Å². The molecule has 3 aromatic rings. The molecule has 1 aliphatic carbocycles. The molecule has 1 aliphatic heterocycles. The fraction of sp³-hybridized carbons (Fsp3) is 0.360. The molecule has 2 fully saturated rings. The molecule has 2 aromatic carbocycles. The van der Waals surface area contributed by atoms with Crippen LogP contribution < -0.4 is 0 Å². The van der Waals surface area contributed by atoms with Crippen molar-refractivity contribution in [3.63, 3.8) is 0 Å². The van der Waals surface area contributed by atoms with Gasteiger partial charge in [-0.05, 0) is 53.6 Å². The van der Waals surface area contributed by atoms with Crippen LogP contribution in [0.5, 0.6) is 0 Å². The zero-order valence-electron chi connectivity index (χ0n) is 17.4. The third-order valence-corrected chi connectivity index (χ3v) is 6.85. The van der Waals surface area contributed by atoms with Gasteiger partial charge in [0.1, 0.15) is 0 Å². The topological polar surface area (TPSA) is 56.4 Å². The number of amides is 2. The summed E-state index contributed by atoms with van der Waals surface area (Å²) in [5.41, 5.74) is 3.86. The zero-order valence-corrected chi connectivity index (χ0v) is 17.4. The molecule has 2 amide bonds. The normalized spacial score (nSPS) is 18.3. The number of rotatable bonds is 3. The van der Waals surface area contributed by atoms with E-state index in [2.05, 4.69) is 36.2 Å². The van der Waals surface area contributed by atoms with E-state index >= 15 is 0 Å². The summed E-state index contributed by atoms with van der Waals surface area (Å²) in [5.74, 6) is 0.313. The molecular weight excluding hydrogens is 374 g/mol. The van der Waals surface area contributed by atoms with Gasteiger partial charge in [-0.1, -0.05) is 37.6 Å². The van der Waals surface area contributed by atoms with Gasteiger partial charge in [0.2, 0.25) is 5.91 Å². The Kier molecular flexibility index (Phi) is 4.61. The fourth-order valence-corrected chi connectivity index (χ4v) is 4.63. The van der Waals surface area contributed by atoms with E-state index in [-0.39, 0.29) is 17.2 Å². The van der Waals surface area contributed by atoms with Gasteiger partial charge in [0, 0.05) is 48.9 Å². The third-order valence-electron chi connectivity index (χ3n) is 6.85. The van der Waals surface area contributed by atoms with Crippen molar-refractivity contribution in [2.45, 2.75) is 26.2 Å². The number of aromatic amines is 1. The number of hydrogen-bond acceptors (Lipinski definition) is 2. The fourth-order valence-electron chi connectivity index (χ4n) is 4.63. The molecule has 2 aliphatic rings. The van der Waals surface area contributed by atoms with Gasteiger partial charge in [0.05, 0.1) is 0 Å². The third kappa shape index (κ3) is 3.28. The number of carbonyl (C=O) groups excluding carboxylic acids is 2. The maximum Gasteiger partial charge on any atom is 0.253 e. The van der Waals surface area contributed by atoms with Gasteiger partial charge in [-0.2, -0.15) is 0 Å². The van der Waals surface area contributed by atoms with E-state index in [1.54, 1.807) is 0 Å². The second kappa shape index (κ2) is 7.31. The van der Waals surface area contributed by atoms with Crippen LogP contribution >= 0.6 is 0 Å². The first-order valence-corrected chi connectivity index (χ1v) is 10.8. The van der Waals surface area contributed by atoms with Crippen LogP contribution in [-0.2, 0) is 4.79 Å². The molecule has 0 bridgehead atoms. The Bertz CT molecular complexity index is 1090. The highest BCUT2D eigenvalue weighted by Crippen LogP contribution is 2.42. The largest absolute Gasteiger partial charge is 0.361 e. The van der Waals surface area contributed by atoms with Crippen LogP contribution in [0.2, 0.25) is 0 Å². The molecule has 5 rings (SSSR count). The van der Waals surface area contributed by atoms with Gasteiger partial charge in [0.25, 0.3) is 5.91 Å². The monoisotopic (exact) mass is 401 g/mol. The maximum atomic E-state index is 12.9. The van der Waals surface area contributed by atoms with Crippen LogP contribution in [0.1, 0.15) is 36.5 Å². The molecule has 154 valence electrons. The number of hydrogen-bond donors (Lipinski definition) is 1. The number of aromatic nitrogens is 1. The Hall–Kier alpha value is -3.08. The van der Waals surface area contributed by atoms with Gasteiger partial charge in [-0.25, -0.2) is 0 Å². The van der Waals surface area contributed by atoms with E-state index in [0.717, 1.165) is 35.9 Å². The SMILES string of the molecule is CC1(C(=O)N2CCN(C(=O)c3ccc(-c4ccc5cc[nH]c5c4)cc3)CC2)CCC1. The summed E-state index contributed by atoms with van der Waals surface area (Å²) in [6.07, 6.45) is 5.08. The summed E-state index contributed by atoms with van der Waals surface area (Å²) in [5, 5.41) is 1.19. The molecule has 5 nitrogen and oxygen atoms in total. The van der Waals surface area contributed by atoms with Crippen LogP contribution in [0.4, 0.5) is 0 Å². The lowest BCUT2D eigenvalue weighted by atomic mass is 9.69. The van der Waals surface area contributed by atoms with E-state index in [1.807, 2.05) is 40.3 Å². The standard InChI is InChI=1S/C25H27N3O2/c1-25(10-2-11-25)24(30)28-15-13-27(14-16-28)23(29)20-6-3-18(4-7-20)21-8-5-19-9-12-26-22(19)17-21/h3-9,12,17,26H,2,10-11,13-16H2,1H3. The summed E-state index contributed by atoms with van der Waals surface area (Å²) >= 11 is 0. The van der Waals surface area contributed by atoms with Crippen molar-refractivity contribution in [1.82, 2.24) is 14.8 Å². The molecule has 30 heavy (non-hydrogen) atoms. The van der Waals surface area contributed by atoms with Crippen molar-refractivity contribution in [1.29, 1.82) is 0 Å². The van der Waals surface area contributed by atoms with Crippen molar-refractivity contribution in [3.05, 3.63) is 60.3 Å². The van der Waals surface area contributed by atoms with Crippen LogP contribution in [-0.4, -0.2) is 52.8 Å². The predicted octanol–water partition coefficient (Wildman–Crippen LogP) is 4.31. The molecule has 1 saturated carbocycles. The number of nitrogens with zero attached hydrogens (tertiary/aromatic N) is 2. The Labute approximate surface area is 176 Å². The summed E-state index contributed by atoms with van der Waals surface area (Å²) in [6, 6.07) is 16.2. The van der Waals surface area contributed by atoms with Gasteiger partial charge in [-0.15, -0.1) is 0 Å². The molecule has 1 aromatic heterocycles. The molecule has 0 unspecified atom stereocenters. The van der Waals surface area contributed by atoms with Gasteiger partial charge in [0.15, 0.2) is 0 Å². The first kappa shape index (κ1) is 18.9. The highest BCUT2D eigenvalue weighted by molar-refractivity contribution is 5.95. The number of fused-ring (bicyclic) bond motifs is 1. The minimum Gasteiger partial charge on any atom is -0.361 e. The highest BCUT2D eigenvalue weighted by Gasteiger charge is 2.42. The molecule has 0 atom stereocenters. The summed E-state index contributed by atoms with van der Waals surface area (Å²) in [7, 11) is 0. The summed E-state index contributed by atoms with van der Waals surface area (Å²) < 4.78 is 0. The Morgan fingerprint density at radius 3 is 2.20 bits per heavy atom. The maximum absolute atomic E-state index is 12.9. The van der Waals surface area contributed by atoms with Crippen molar-refractivity contribution < 1.29 is 9.59 Å². The Morgan fingerprint density at radius 2 is 1.53 bits per heavy atom. The minimum absolute atomic E-state index is 0.0447. The zero-order chi connectivity index (χ0) is 20.7. The minimum atomic E-state index is -0.162. The average Bonchev–Trinajstić information content (AvgIpc) is 3.24. The molecular formula is C25H27N3O2. The lowest BCUT2D eigenvalue weighted by Crippen LogP contribution is -2.55. The van der Waals surface area contributed by atoms with Crippen LogP contribution in [0, 0.1) is 5.41 Å². The Morgan fingerprint density at radius 1 is 0.867 bits per heavy atom. The smallest absolute Gasteiger partial charge is 0.253 e. The van der Waals surface area contributed by atoms with Crippen molar-refractivity contribution in [2.75, 3.05) is 26.2 Å². The number of carbonyl (C=O) groups is 2. The average molecular weight is 402 g/mol. The number of H-pyrrole nitrogens is 1. The Balaban J connectivity index is 1.24. The van der Waals surface area contributed by atoms with E-state index in [9.17, 15) is 9.59 Å². The first-order chi connectivity index (χ1) is 14.5. The number of benzene rings is 2. The molecule has 0 radical (unpaired) electrons. The predicted molar refractivity (Wildman–Crippen MR) is 118 cm³/mol. The van der Waals surface area contributed by atoms with Crippen molar-refractivity contribution in [2.24, 2.45) is 5.41 Å². The second-order valence-corrected chi connectivity index (χ2v) is 8.86. The summed E-state index contributed by atoms with van der Waals surface area (Å²) in [6.45, 7) is 4.55. The van der Waals surface area contributed by atoms with E-state index in [0.29, 0.717) is 31.7 Å². The highest BCUT2D eigenvalue weighted by atomic mass is 16.2. The molecule has 5 heteroatoms. The van der Waals surface area contributed by atoms with E-state index in [1.165, 1.54) is 5.39 Å². The lowest BCUT2D eigenvalue weighted by molar-refractivity contribution is -0.147. The van der Waals surface area contributed by atoms with Crippen LogP contribution in [0.3, 0.4) is 0 Å². The lowest BCUT2D eigenvalue weighted by Gasteiger charge is -2.43. The van der Waals surface area contributed by atoms with Crippen molar-refractivity contribution in [3.8, 4) is 11.1 Å². The number of nitrogens with one attached hydrogen (secondary N) is 1. The molecule has 1 saturated heterocycles. The van der Waals surface area contributed by atoms with Crippen molar-refractivity contribution >= 4 is 22.7 Å². The molecule has 2 heterocycles. The molecule has 1 N–H and O–H groups in total.